The number of hydrogen-bond acceptors (Lipinski definition) is 6. The summed E-state index contributed by atoms with van der Waals surface area (Å²) in [5.41, 5.74) is 3.27. The van der Waals surface area contributed by atoms with E-state index >= 15 is 0 Å². The Kier molecular flexibility index (Phi) is 5.09. The highest BCUT2D eigenvalue weighted by molar-refractivity contribution is 6.07. The number of pyridine rings is 1. The summed E-state index contributed by atoms with van der Waals surface area (Å²) in [6.07, 6.45) is 7.25. The molecule has 0 atom stereocenters. The molecule has 5 rings (SSSR count). The number of carbonyl (C=O) groups excluding carboxylic acids is 1. The highest BCUT2D eigenvalue weighted by Gasteiger charge is 2.20. The van der Waals surface area contributed by atoms with Gasteiger partial charge in [-0.05, 0) is 18.2 Å². The fraction of sp³-hybridized carbons (Fsp3) is 0.174. The van der Waals surface area contributed by atoms with Crippen LogP contribution in [0.3, 0.4) is 0 Å². The molecule has 168 valence electrons. The van der Waals surface area contributed by atoms with Gasteiger partial charge in [0.2, 0.25) is 0 Å². The van der Waals surface area contributed by atoms with E-state index in [0.29, 0.717) is 46.1 Å². The molecule has 33 heavy (non-hydrogen) atoms. The smallest absolute Gasteiger partial charge is 0.272 e. The summed E-state index contributed by atoms with van der Waals surface area (Å²) in [5.74, 6) is 1.25. The van der Waals surface area contributed by atoms with Crippen LogP contribution in [-0.4, -0.2) is 51.4 Å². The summed E-state index contributed by atoms with van der Waals surface area (Å²) >= 11 is 0. The van der Waals surface area contributed by atoms with E-state index in [1.807, 2.05) is 35.0 Å². The number of anilines is 1. The number of nitrogens with zero attached hydrogens (tertiary/aromatic N) is 4. The zero-order valence-electron chi connectivity index (χ0n) is 18.3. The molecule has 0 aliphatic carbocycles. The minimum absolute atomic E-state index is 0.318. The van der Waals surface area contributed by atoms with Crippen LogP contribution in [0.25, 0.3) is 16.6 Å². The molecule has 1 aromatic carbocycles. The van der Waals surface area contributed by atoms with Crippen LogP contribution >= 0.6 is 0 Å². The van der Waals surface area contributed by atoms with Crippen LogP contribution in [0.2, 0.25) is 0 Å². The van der Waals surface area contributed by atoms with Gasteiger partial charge in [0.15, 0.2) is 11.5 Å². The lowest BCUT2D eigenvalue weighted by Crippen LogP contribution is -2.11. The molecule has 5 aromatic rings. The van der Waals surface area contributed by atoms with Gasteiger partial charge in [-0.3, -0.25) is 9.48 Å². The second-order valence-corrected chi connectivity index (χ2v) is 7.37. The third kappa shape index (κ3) is 3.71. The number of ether oxygens (including phenoxy) is 3. The SMILES string of the molecule is COc1cc(OC)c2cc(C(=O)Nc3cnn(Cc4cn5ccccc5n4)c3)[nH]c2c1OC. The number of aromatic amines is 1. The predicted molar refractivity (Wildman–Crippen MR) is 122 cm³/mol. The number of fused-ring (bicyclic) bond motifs is 2. The molecule has 1 amide bonds. The molecule has 4 heterocycles. The first-order chi connectivity index (χ1) is 16.1. The summed E-state index contributed by atoms with van der Waals surface area (Å²) in [6, 6.07) is 9.27. The molecular formula is C23H22N6O4. The van der Waals surface area contributed by atoms with Gasteiger partial charge in [-0.2, -0.15) is 5.10 Å². The molecular weight excluding hydrogens is 424 g/mol. The van der Waals surface area contributed by atoms with E-state index in [1.165, 1.54) is 0 Å². The van der Waals surface area contributed by atoms with Gasteiger partial charge in [-0.1, -0.05) is 6.07 Å². The number of carbonyl (C=O) groups is 1. The second kappa shape index (κ2) is 8.23. The number of H-pyrrole nitrogens is 1. The number of benzene rings is 1. The largest absolute Gasteiger partial charge is 0.496 e. The van der Waals surface area contributed by atoms with Crippen molar-refractivity contribution in [1.29, 1.82) is 0 Å². The number of nitrogens with one attached hydrogen (secondary N) is 2. The first kappa shape index (κ1) is 20.4. The highest BCUT2D eigenvalue weighted by Crippen LogP contribution is 2.41. The summed E-state index contributed by atoms with van der Waals surface area (Å²) < 4.78 is 20.0. The molecule has 2 N–H and O–H groups in total. The Labute approximate surface area is 188 Å². The molecule has 4 aromatic heterocycles. The molecule has 0 aliphatic heterocycles. The van der Waals surface area contributed by atoms with Crippen molar-refractivity contribution in [3.63, 3.8) is 0 Å². The molecule has 0 saturated heterocycles. The van der Waals surface area contributed by atoms with Gasteiger partial charge in [0.25, 0.3) is 5.91 Å². The van der Waals surface area contributed by atoms with Gasteiger partial charge in [-0.15, -0.1) is 0 Å². The maximum absolute atomic E-state index is 12.9. The molecule has 0 unspecified atom stereocenters. The van der Waals surface area contributed by atoms with E-state index in [2.05, 4.69) is 20.4 Å². The molecule has 0 radical (unpaired) electrons. The van der Waals surface area contributed by atoms with Crippen molar-refractivity contribution in [3.8, 4) is 17.2 Å². The van der Waals surface area contributed by atoms with Crippen molar-refractivity contribution in [2.75, 3.05) is 26.6 Å². The van der Waals surface area contributed by atoms with Crippen LogP contribution in [0.15, 0.2) is 55.1 Å². The van der Waals surface area contributed by atoms with Gasteiger partial charge in [0.05, 0.1) is 51.0 Å². The van der Waals surface area contributed by atoms with Gasteiger partial charge in [0.1, 0.15) is 17.1 Å². The first-order valence-corrected chi connectivity index (χ1v) is 10.2. The summed E-state index contributed by atoms with van der Waals surface area (Å²) in [5, 5.41) is 7.91. The Hall–Kier alpha value is -4.47. The molecule has 0 saturated carbocycles. The Balaban J connectivity index is 1.37. The van der Waals surface area contributed by atoms with E-state index in [-0.39, 0.29) is 5.91 Å². The quantitative estimate of drug-likeness (QED) is 0.397. The average molecular weight is 446 g/mol. The third-order valence-corrected chi connectivity index (χ3v) is 5.31. The Bertz CT molecular complexity index is 1430. The molecule has 0 fully saturated rings. The lowest BCUT2D eigenvalue weighted by molar-refractivity contribution is 0.102. The average Bonchev–Trinajstić information content (AvgIpc) is 3.55. The van der Waals surface area contributed by atoms with Crippen molar-refractivity contribution in [3.05, 3.63) is 66.5 Å². The van der Waals surface area contributed by atoms with Gasteiger partial charge < -0.3 is 28.9 Å². The van der Waals surface area contributed by atoms with E-state index in [0.717, 1.165) is 11.3 Å². The minimum Gasteiger partial charge on any atom is -0.496 e. The number of methoxy groups -OCH3 is 3. The second-order valence-electron chi connectivity index (χ2n) is 7.37. The zero-order chi connectivity index (χ0) is 22.9. The zero-order valence-corrected chi connectivity index (χ0v) is 18.3. The van der Waals surface area contributed by atoms with E-state index in [9.17, 15) is 4.79 Å². The normalized spacial score (nSPS) is 11.1. The number of imidazole rings is 1. The maximum atomic E-state index is 12.9. The van der Waals surface area contributed by atoms with Gasteiger partial charge in [-0.25, -0.2) is 4.98 Å². The van der Waals surface area contributed by atoms with Crippen molar-refractivity contribution in [2.24, 2.45) is 0 Å². The Morgan fingerprint density at radius 1 is 1.09 bits per heavy atom. The van der Waals surface area contributed by atoms with Crippen molar-refractivity contribution in [2.45, 2.75) is 6.54 Å². The van der Waals surface area contributed by atoms with Crippen LogP contribution in [0, 0.1) is 0 Å². The molecule has 0 bridgehead atoms. The molecule has 0 aliphatic rings. The topological polar surface area (TPSA) is 108 Å². The molecule has 10 nitrogen and oxygen atoms in total. The lowest BCUT2D eigenvalue weighted by Gasteiger charge is -2.11. The highest BCUT2D eigenvalue weighted by atomic mass is 16.5. The minimum atomic E-state index is -0.318. The fourth-order valence-corrected chi connectivity index (χ4v) is 3.80. The first-order valence-electron chi connectivity index (χ1n) is 10.2. The van der Waals surface area contributed by atoms with Crippen LogP contribution in [0.1, 0.15) is 16.2 Å². The number of amides is 1. The van der Waals surface area contributed by atoms with Crippen molar-refractivity contribution >= 4 is 28.1 Å². The van der Waals surface area contributed by atoms with Crippen LogP contribution in [-0.2, 0) is 6.54 Å². The summed E-state index contributed by atoms with van der Waals surface area (Å²) in [4.78, 5) is 20.6. The number of rotatable bonds is 7. The molecule has 10 heteroatoms. The molecule has 0 spiro atoms. The predicted octanol–water partition coefficient (Wildman–Crippen LogP) is 3.34. The van der Waals surface area contributed by atoms with E-state index in [1.54, 1.807) is 50.5 Å². The summed E-state index contributed by atoms with van der Waals surface area (Å²) in [6.45, 7) is 0.484. The van der Waals surface area contributed by atoms with Gasteiger partial charge >= 0.3 is 0 Å². The monoisotopic (exact) mass is 446 g/mol. The van der Waals surface area contributed by atoms with Crippen molar-refractivity contribution < 1.29 is 19.0 Å². The summed E-state index contributed by atoms with van der Waals surface area (Å²) in [7, 11) is 4.65. The van der Waals surface area contributed by atoms with E-state index in [4.69, 9.17) is 14.2 Å². The number of aromatic nitrogens is 5. The van der Waals surface area contributed by atoms with Gasteiger partial charge in [0, 0.05) is 30.0 Å². The van der Waals surface area contributed by atoms with E-state index < -0.39 is 0 Å². The number of hydrogen-bond donors (Lipinski definition) is 2. The van der Waals surface area contributed by atoms with Crippen LogP contribution in [0.5, 0.6) is 17.2 Å². The van der Waals surface area contributed by atoms with Crippen molar-refractivity contribution in [1.82, 2.24) is 24.1 Å². The third-order valence-electron chi connectivity index (χ3n) is 5.31. The Morgan fingerprint density at radius 2 is 1.94 bits per heavy atom. The lowest BCUT2D eigenvalue weighted by atomic mass is 10.2. The maximum Gasteiger partial charge on any atom is 0.272 e. The Morgan fingerprint density at radius 3 is 2.70 bits per heavy atom. The van der Waals surface area contributed by atoms with Crippen LogP contribution in [0.4, 0.5) is 5.69 Å². The van der Waals surface area contributed by atoms with Crippen LogP contribution < -0.4 is 19.5 Å². The fourth-order valence-electron chi connectivity index (χ4n) is 3.80. The standard InChI is InChI=1S/C23H22N6O4/c1-31-18-9-19(32-2)22(33-3)21-16(18)8-17(27-21)23(30)26-14-10-24-29(12-14)13-15-11-28-7-5-4-6-20(28)25-15/h4-12,27H,13H2,1-3H3,(H,26,30).